The molecule has 4 aromatic rings. The van der Waals surface area contributed by atoms with Gasteiger partial charge in [0.25, 0.3) is 5.91 Å². The zero-order chi connectivity index (χ0) is 22.7. The minimum absolute atomic E-state index is 0.265. The van der Waals surface area contributed by atoms with Crippen molar-refractivity contribution in [3.63, 3.8) is 0 Å². The van der Waals surface area contributed by atoms with Crippen molar-refractivity contribution in [2.75, 3.05) is 5.32 Å². The van der Waals surface area contributed by atoms with E-state index in [1.54, 1.807) is 47.4 Å². The Morgan fingerprint density at radius 3 is 2.44 bits per heavy atom. The van der Waals surface area contributed by atoms with Gasteiger partial charge in [-0.25, -0.2) is 9.07 Å². The van der Waals surface area contributed by atoms with Crippen LogP contribution in [0.15, 0.2) is 67.0 Å². The van der Waals surface area contributed by atoms with Crippen molar-refractivity contribution in [2.24, 2.45) is 0 Å². The van der Waals surface area contributed by atoms with Gasteiger partial charge in [-0.15, -0.1) is 0 Å². The van der Waals surface area contributed by atoms with Crippen LogP contribution in [0.5, 0.6) is 5.75 Å². The van der Waals surface area contributed by atoms with Gasteiger partial charge in [-0.3, -0.25) is 9.78 Å². The molecule has 0 bridgehead atoms. The number of nitrogens with one attached hydrogen (secondary N) is 1. The fourth-order valence-electron chi connectivity index (χ4n) is 3.50. The molecule has 1 amide bonds. The van der Waals surface area contributed by atoms with Crippen molar-refractivity contribution >= 4 is 11.7 Å². The molecule has 6 nitrogen and oxygen atoms in total. The number of halogens is 1. The Morgan fingerprint density at radius 2 is 1.78 bits per heavy atom. The summed E-state index contributed by atoms with van der Waals surface area (Å²) in [7, 11) is 0. The molecule has 1 N–H and O–H groups in total. The number of amides is 1. The van der Waals surface area contributed by atoms with Crippen LogP contribution in [-0.2, 0) is 6.61 Å². The molecule has 0 atom stereocenters. The van der Waals surface area contributed by atoms with Gasteiger partial charge in [-0.2, -0.15) is 5.10 Å². The molecule has 2 heterocycles. The molecule has 0 unspecified atom stereocenters. The number of carbonyl (C=O) groups excluding carboxylic acids is 1. The zero-order valence-electron chi connectivity index (χ0n) is 18.1. The van der Waals surface area contributed by atoms with E-state index in [2.05, 4.69) is 15.4 Å². The minimum atomic E-state index is -0.333. The van der Waals surface area contributed by atoms with Gasteiger partial charge in [0, 0.05) is 29.6 Å². The van der Waals surface area contributed by atoms with Crippen LogP contribution in [0.25, 0.3) is 5.69 Å². The lowest BCUT2D eigenvalue weighted by molar-refractivity contribution is 0.102. The second kappa shape index (κ2) is 9.01. The Balaban J connectivity index is 1.54. The van der Waals surface area contributed by atoms with Crippen molar-refractivity contribution in [3.8, 4) is 11.4 Å². The highest BCUT2D eigenvalue weighted by atomic mass is 19.1. The smallest absolute Gasteiger partial charge is 0.256 e. The molecule has 7 heteroatoms. The molecule has 0 spiro atoms. The molecule has 0 aliphatic rings. The van der Waals surface area contributed by atoms with E-state index in [1.165, 1.54) is 12.1 Å². The number of hydrogen-bond acceptors (Lipinski definition) is 4. The summed E-state index contributed by atoms with van der Waals surface area (Å²) in [6.07, 6.45) is 3.48. The van der Waals surface area contributed by atoms with E-state index in [4.69, 9.17) is 4.74 Å². The molecule has 2 aromatic heterocycles. The summed E-state index contributed by atoms with van der Waals surface area (Å²) in [5.41, 5.74) is 4.60. The lowest BCUT2D eigenvalue weighted by Gasteiger charge is -2.14. The van der Waals surface area contributed by atoms with Gasteiger partial charge in [-0.05, 0) is 74.4 Å². The molecule has 0 saturated carbocycles. The van der Waals surface area contributed by atoms with E-state index < -0.39 is 0 Å². The van der Waals surface area contributed by atoms with Gasteiger partial charge in [0.05, 0.1) is 11.4 Å². The van der Waals surface area contributed by atoms with Gasteiger partial charge < -0.3 is 10.1 Å². The number of benzene rings is 2. The molecule has 4 rings (SSSR count). The number of rotatable bonds is 6. The van der Waals surface area contributed by atoms with Gasteiger partial charge in [0.1, 0.15) is 24.0 Å². The summed E-state index contributed by atoms with van der Waals surface area (Å²) >= 11 is 0. The van der Waals surface area contributed by atoms with Crippen LogP contribution in [-0.4, -0.2) is 20.7 Å². The number of hydrogen-bond donors (Lipinski definition) is 1. The Hall–Kier alpha value is -4.00. The molecule has 162 valence electrons. The van der Waals surface area contributed by atoms with Gasteiger partial charge in [-0.1, -0.05) is 6.07 Å². The number of pyridine rings is 1. The van der Waals surface area contributed by atoms with E-state index in [9.17, 15) is 9.18 Å². The van der Waals surface area contributed by atoms with Gasteiger partial charge in [0.2, 0.25) is 0 Å². The summed E-state index contributed by atoms with van der Waals surface area (Å²) in [4.78, 5) is 17.1. The van der Waals surface area contributed by atoms with Crippen molar-refractivity contribution in [2.45, 2.75) is 27.4 Å². The average molecular weight is 430 g/mol. The summed E-state index contributed by atoms with van der Waals surface area (Å²) < 4.78 is 20.8. The van der Waals surface area contributed by atoms with E-state index in [1.807, 2.05) is 32.9 Å². The van der Waals surface area contributed by atoms with Crippen LogP contribution in [0.1, 0.15) is 32.7 Å². The van der Waals surface area contributed by atoms with Gasteiger partial charge in [0.15, 0.2) is 0 Å². The second-order valence-corrected chi connectivity index (χ2v) is 7.60. The Kier molecular flexibility index (Phi) is 5.98. The Morgan fingerprint density at radius 1 is 1.06 bits per heavy atom. The Labute approximate surface area is 185 Å². The third-order valence-corrected chi connectivity index (χ3v) is 4.97. The standard InChI is InChI=1S/C25H23FN4O2/c1-16-11-20(12-17(2)24(16)32-15-19-5-4-10-27-14-19)25(31)28-23-13-18(3)29-30(23)22-8-6-21(26)7-9-22/h4-14H,15H2,1-3H3,(H,28,31). The number of carbonyl (C=O) groups is 1. The van der Waals surface area contributed by atoms with Crippen molar-refractivity contribution < 1.29 is 13.9 Å². The first-order chi connectivity index (χ1) is 15.4. The van der Waals surface area contributed by atoms with Crippen LogP contribution < -0.4 is 10.1 Å². The minimum Gasteiger partial charge on any atom is -0.488 e. The number of nitrogens with zero attached hydrogens (tertiary/aromatic N) is 3. The summed E-state index contributed by atoms with van der Waals surface area (Å²) in [6, 6.07) is 15.1. The fraction of sp³-hybridized carbons (Fsp3) is 0.160. The highest BCUT2D eigenvalue weighted by Crippen LogP contribution is 2.27. The quantitative estimate of drug-likeness (QED) is 0.459. The first kappa shape index (κ1) is 21.2. The molecule has 0 fully saturated rings. The van der Waals surface area contributed by atoms with Crippen LogP contribution in [0.3, 0.4) is 0 Å². The summed E-state index contributed by atoms with van der Waals surface area (Å²) in [5.74, 6) is 0.655. The Bertz CT molecular complexity index is 1230. The van der Waals surface area contributed by atoms with E-state index >= 15 is 0 Å². The van der Waals surface area contributed by atoms with Crippen LogP contribution >= 0.6 is 0 Å². The first-order valence-electron chi connectivity index (χ1n) is 10.2. The van der Waals surface area contributed by atoms with Crippen molar-refractivity contribution in [3.05, 3.63) is 101 Å². The van der Waals surface area contributed by atoms with Gasteiger partial charge >= 0.3 is 0 Å². The lowest BCUT2D eigenvalue weighted by Crippen LogP contribution is -2.16. The maximum atomic E-state index is 13.3. The third kappa shape index (κ3) is 4.67. The average Bonchev–Trinajstić information content (AvgIpc) is 3.14. The van der Waals surface area contributed by atoms with Crippen LogP contribution in [0, 0.1) is 26.6 Å². The van der Waals surface area contributed by atoms with Crippen molar-refractivity contribution in [1.82, 2.24) is 14.8 Å². The van der Waals surface area contributed by atoms with E-state index in [0.29, 0.717) is 23.7 Å². The molecule has 0 aliphatic heterocycles. The highest BCUT2D eigenvalue weighted by molar-refractivity contribution is 6.04. The van der Waals surface area contributed by atoms with E-state index in [-0.39, 0.29) is 11.7 Å². The molecule has 0 radical (unpaired) electrons. The predicted molar refractivity (Wildman–Crippen MR) is 121 cm³/mol. The van der Waals surface area contributed by atoms with Crippen LogP contribution in [0.4, 0.5) is 10.2 Å². The summed E-state index contributed by atoms with van der Waals surface area (Å²) in [5, 5.41) is 7.33. The van der Waals surface area contributed by atoms with E-state index in [0.717, 1.165) is 28.1 Å². The molecule has 0 aliphatic carbocycles. The SMILES string of the molecule is Cc1cc(NC(=O)c2cc(C)c(OCc3cccnc3)c(C)c2)n(-c2ccc(F)cc2)n1. The number of aryl methyl sites for hydroxylation is 3. The molecular formula is C25H23FN4O2. The maximum Gasteiger partial charge on any atom is 0.256 e. The highest BCUT2D eigenvalue weighted by Gasteiger charge is 2.15. The third-order valence-electron chi connectivity index (χ3n) is 4.97. The number of ether oxygens (including phenoxy) is 1. The molecule has 0 saturated heterocycles. The lowest BCUT2D eigenvalue weighted by atomic mass is 10.0. The second-order valence-electron chi connectivity index (χ2n) is 7.60. The predicted octanol–water partition coefficient (Wildman–Crippen LogP) is 5.16. The fourth-order valence-corrected chi connectivity index (χ4v) is 3.50. The first-order valence-corrected chi connectivity index (χ1v) is 10.2. The number of aromatic nitrogens is 3. The molecular weight excluding hydrogens is 407 g/mol. The summed E-state index contributed by atoms with van der Waals surface area (Å²) in [6.45, 7) is 6.06. The monoisotopic (exact) mass is 430 g/mol. The maximum absolute atomic E-state index is 13.3. The molecule has 32 heavy (non-hydrogen) atoms. The largest absolute Gasteiger partial charge is 0.488 e. The van der Waals surface area contributed by atoms with Crippen LogP contribution in [0.2, 0.25) is 0 Å². The zero-order valence-corrected chi connectivity index (χ0v) is 18.1. The molecule has 2 aromatic carbocycles. The number of anilines is 1. The normalized spacial score (nSPS) is 10.8. The topological polar surface area (TPSA) is 69.0 Å². The van der Waals surface area contributed by atoms with Crippen molar-refractivity contribution in [1.29, 1.82) is 0 Å².